The molecule has 1 aromatic rings. The van der Waals surface area contributed by atoms with E-state index in [4.69, 9.17) is 16.2 Å². The monoisotopic (exact) mass is 362 g/mol. The number of nitrogen functional groups attached to an aromatic ring is 1. The van der Waals surface area contributed by atoms with Gasteiger partial charge in [0.05, 0.1) is 18.6 Å². The minimum Gasteiger partial charge on any atom is -0.481 e. The number of carboxylic acid groups (broad SMARTS) is 1. The molecule has 0 heterocycles. The van der Waals surface area contributed by atoms with Gasteiger partial charge in [-0.15, -0.1) is 6.58 Å². The molecule has 0 aliphatic carbocycles. The Kier molecular flexibility index (Phi) is 7.97. The van der Waals surface area contributed by atoms with Gasteiger partial charge in [0, 0.05) is 24.1 Å². The Bertz CT molecular complexity index is 687. The second-order valence-electron chi connectivity index (χ2n) is 5.54. The van der Waals surface area contributed by atoms with Gasteiger partial charge in [-0.05, 0) is 24.3 Å². The van der Waals surface area contributed by atoms with Crippen molar-refractivity contribution in [2.75, 3.05) is 5.32 Å². The summed E-state index contributed by atoms with van der Waals surface area (Å²) in [6.45, 7) is 3.35. The van der Waals surface area contributed by atoms with Gasteiger partial charge in [0.2, 0.25) is 11.8 Å². The Balaban J connectivity index is 2.49. The van der Waals surface area contributed by atoms with Crippen LogP contribution in [-0.2, 0) is 14.4 Å². The van der Waals surface area contributed by atoms with E-state index in [1.807, 2.05) is 0 Å². The van der Waals surface area contributed by atoms with Crippen molar-refractivity contribution in [1.82, 2.24) is 5.32 Å². The maximum Gasteiger partial charge on any atom is 0.305 e. The second-order valence-corrected chi connectivity index (χ2v) is 5.54. The molecule has 0 saturated heterocycles. The fourth-order valence-corrected chi connectivity index (χ4v) is 2.07. The van der Waals surface area contributed by atoms with Crippen molar-refractivity contribution in [2.45, 2.75) is 31.4 Å². The molecule has 7 N–H and O–H groups in total. The molecule has 0 spiro atoms. The summed E-state index contributed by atoms with van der Waals surface area (Å²) in [6, 6.07) is 5.31. The van der Waals surface area contributed by atoms with Crippen molar-refractivity contribution >= 4 is 29.3 Å². The quantitative estimate of drug-likeness (QED) is 0.197. The molecule has 0 saturated carbocycles. The lowest BCUT2D eigenvalue weighted by atomic mass is 10.1. The number of aliphatic hydroxyl groups excluding tert-OH is 1. The maximum atomic E-state index is 11.9. The van der Waals surface area contributed by atoms with Crippen LogP contribution in [0, 0.1) is 5.41 Å². The molecule has 9 nitrogen and oxygen atoms in total. The van der Waals surface area contributed by atoms with E-state index < -0.39 is 36.4 Å². The maximum absolute atomic E-state index is 11.9. The molecule has 2 atom stereocenters. The Morgan fingerprint density at radius 3 is 2.27 bits per heavy atom. The predicted octanol–water partition coefficient (Wildman–Crippen LogP) is 0.196. The molecule has 2 amide bonds. The van der Waals surface area contributed by atoms with Crippen LogP contribution in [0.4, 0.5) is 5.69 Å². The molecule has 26 heavy (non-hydrogen) atoms. The summed E-state index contributed by atoms with van der Waals surface area (Å²) in [7, 11) is 0. The van der Waals surface area contributed by atoms with Gasteiger partial charge >= 0.3 is 5.97 Å². The number of nitrogens with two attached hydrogens (primary N) is 1. The first-order valence-corrected chi connectivity index (χ1v) is 7.79. The summed E-state index contributed by atoms with van der Waals surface area (Å²) in [5.74, 6) is -2.23. The normalized spacial score (nSPS) is 12.5. The van der Waals surface area contributed by atoms with Crippen LogP contribution in [0.3, 0.4) is 0 Å². The molecule has 0 fully saturated rings. The van der Waals surface area contributed by atoms with Crippen molar-refractivity contribution in [3.63, 3.8) is 0 Å². The third-order valence-electron chi connectivity index (χ3n) is 3.45. The molecule has 1 aromatic carbocycles. The Hall–Kier alpha value is -3.20. The van der Waals surface area contributed by atoms with Crippen molar-refractivity contribution in [2.24, 2.45) is 5.73 Å². The molecule has 0 aliphatic rings. The summed E-state index contributed by atoms with van der Waals surface area (Å²) in [5, 5.41) is 30.7. The van der Waals surface area contributed by atoms with Crippen molar-refractivity contribution < 1.29 is 24.6 Å². The van der Waals surface area contributed by atoms with E-state index in [0.717, 1.165) is 6.08 Å². The minimum absolute atomic E-state index is 0.0859. The summed E-state index contributed by atoms with van der Waals surface area (Å²) in [5.41, 5.74) is 6.35. The van der Waals surface area contributed by atoms with Crippen molar-refractivity contribution in [1.29, 1.82) is 5.41 Å². The van der Waals surface area contributed by atoms with E-state index in [1.165, 1.54) is 0 Å². The van der Waals surface area contributed by atoms with Gasteiger partial charge in [-0.25, -0.2) is 0 Å². The molecule has 0 bridgehead atoms. The summed E-state index contributed by atoms with van der Waals surface area (Å²) < 4.78 is 0. The average Bonchev–Trinajstić information content (AvgIpc) is 2.58. The summed E-state index contributed by atoms with van der Waals surface area (Å²) in [4.78, 5) is 34.5. The van der Waals surface area contributed by atoms with Crippen LogP contribution in [0.1, 0.15) is 24.8 Å². The molecule has 1 unspecified atom stereocenters. The van der Waals surface area contributed by atoms with Gasteiger partial charge in [0.15, 0.2) is 0 Å². The van der Waals surface area contributed by atoms with E-state index in [-0.39, 0.29) is 18.7 Å². The van der Waals surface area contributed by atoms with Gasteiger partial charge in [0.25, 0.3) is 0 Å². The van der Waals surface area contributed by atoms with Gasteiger partial charge < -0.3 is 26.6 Å². The Labute approximate surface area is 150 Å². The number of benzene rings is 1. The van der Waals surface area contributed by atoms with E-state index in [1.54, 1.807) is 24.3 Å². The molecule has 0 aromatic heterocycles. The summed E-state index contributed by atoms with van der Waals surface area (Å²) >= 11 is 0. The first-order chi connectivity index (χ1) is 12.2. The third-order valence-corrected chi connectivity index (χ3v) is 3.45. The zero-order valence-corrected chi connectivity index (χ0v) is 14.1. The van der Waals surface area contributed by atoms with E-state index in [0.29, 0.717) is 11.3 Å². The topological polar surface area (TPSA) is 166 Å². The van der Waals surface area contributed by atoms with Crippen LogP contribution in [0.5, 0.6) is 0 Å². The number of hydrogen-bond donors (Lipinski definition) is 6. The first kappa shape index (κ1) is 20.8. The Morgan fingerprint density at radius 1 is 1.19 bits per heavy atom. The van der Waals surface area contributed by atoms with Gasteiger partial charge in [-0.2, -0.15) is 0 Å². The third kappa shape index (κ3) is 7.14. The average molecular weight is 362 g/mol. The number of anilines is 1. The number of amides is 2. The van der Waals surface area contributed by atoms with Gasteiger partial charge in [-0.3, -0.25) is 19.8 Å². The highest BCUT2D eigenvalue weighted by Crippen LogP contribution is 2.10. The molecular formula is C17H22N4O5. The lowest BCUT2D eigenvalue weighted by Crippen LogP contribution is -2.44. The lowest BCUT2D eigenvalue weighted by molar-refractivity contribution is -0.138. The Morgan fingerprint density at radius 2 is 1.77 bits per heavy atom. The number of hydrogen-bond acceptors (Lipinski definition) is 5. The van der Waals surface area contributed by atoms with Crippen molar-refractivity contribution in [3.05, 3.63) is 42.5 Å². The number of aliphatic hydroxyl groups is 1. The highest BCUT2D eigenvalue weighted by atomic mass is 16.4. The molecule has 0 aliphatic heterocycles. The van der Waals surface area contributed by atoms with E-state index in [2.05, 4.69) is 17.2 Å². The van der Waals surface area contributed by atoms with Crippen LogP contribution < -0.4 is 16.4 Å². The highest BCUT2D eigenvalue weighted by Gasteiger charge is 2.22. The molecule has 0 radical (unpaired) electrons. The molecule has 9 heteroatoms. The zero-order chi connectivity index (χ0) is 19.7. The fraction of sp³-hybridized carbons (Fsp3) is 0.294. The smallest absolute Gasteiger partial charge is 0.305 e. The van der Waals surface area contributed by atoms with Gasteiger partial charge in [-0.1, -0.05) is 6.08 Å². The van der Waals surface area contributed by atoms with Crippen molar-refractivity contribution in [3.8, 4) is 0 Å². The second kappa shape index (κ2) is 9.94. The van der Waals surface area contributed by atoms with Crippen LogP contribution >= 0.6 is 0 Å². The zero-order valence-electron chi connectivity index (χ0n) is 14.1. The predicted molar refractivity (Wildman–Crippen MR) is 95.7 cm³/mol. The SMILES string of the molecule is C=CC(O)[C@H](CC(=O)O)NC(=O)CCC(=O)Nc1ccc(C(=N)N)cc1. The number of rotatable bonds is 10. The minimum atomic E-state index is -1.20. The standard InChI is InChI=1S/C17H22N4O5/c1-2-13(22)12(9-16(25)26)21-15(24)8-7-14(23)20-11-5-3-10(4-6-11)17(18)19/h2-6,12-13,22H,1,7-9H2,(H3,18,19)(H,20,23)(H,21,24)(H,25,26)/t12-,13?/m0/s1. The number of nitrogens with one attached hydrogen (secondary N) is 3. The first-order valence-electron chi connectivity index (χ1n) is 7.79. The van der Waals surface area contributed by atoms with Crippen LogP contribution in [0.15, 0.2) is 36.9 Å². The number of amidine groups is 1. The van der Waals surface area contributed by atoms with Gasteiger partial charge in [0.1, 0.15) is 5.84 Å². The van der Waals surface area contributed by atoms with Crippen LogP contribution in [0.25, 0.3) is 0 Å². The molecule has 140 valence electrons. The van der Waals surface area contributed by atoms with E-state index in [9.17, 15) is 19.5 Å². The largest absolute Gasteiger partial charge is 0.481 e. The van der Waals surface area contributed by atoms with Crippen LogP contribution in [0.2, 0.25) is 0 Å². The van der Waals surface area contributed by atoms with E-state index >= 15 is 0 Å². The van der Waals surface area contributed by atoms with Crippen LogP contribution in [-0.4, -0.2) is 46.0 Å². The number of aliphatic carboxylic acids is 1. The number of carbonyl (C=O) groups is 3. The number of carbonyl (C=O) groups excluding carboxylic acids is 2. The molecular weight excluding hydrogens is 340 g/mol. The molecule has 1 rings (SSSR count). The number of carboxylic acids is 1. The lowest BCUT2D eigenvalue weighted by Gasteiger charge is -2.20. The highest BCUT2D eigenvalue weighted by molar-refractivity contribution is 5.96. The summed E-state index contributed by atoms with van der Waals surface area (Å²) in [6.07, 6.45) is -0.829. The fourth-order valence-electron chi connectivity index (χ4n) is 2.07.